The van der Waals surface area contributed by atoms with Crippen LogP contribution in [0, 0.1) is 0 Å². The van der Waals surface area contributed by atoms with E-state index in [9.17, 15) is 0 Å². The fraction of sp³-hybridized carbons (Fsp3) is 0.143. The van der Waals surface area contributed by atoms with Crippen molar-refractivity contribution in [1.82, 2.24) is 20.3 Å². The van der Waals surface area contributed by atoms with E-state index in [0.29, 0.717) is 29.0 Å². The molecule has 2 aromatic heterocycles. The summed E-state index contributed by atoms with van der Waals surface area (Å²) in [5, 5.41) is 13.4. The first-order valence-electron chi connectivity index (χ1n) is 8.93. The Morgan fingerprint density at radius 3 is 2.50 bits per heavy atom. The normalized spacial score (nSPS) is 10.8. The zero-order valence-electron chi connectivity index (χ0n) is 16.2. The first-order valence-corrected chi connectivity index (χ1v) is 10.7. The molecule has 9 heteroatoms. The van der Waals surface area contributed by atoms with Gasteiger partial charge in [-0.3, -0.25) is 0 Å². The van der Waals surface area contributed by atoms with Gasteiger partial charge in [0.15, 0.2) is 0 Å². The molecular formula is C21H17BrN4O3S. The molecular weight excluding hydrogens is 468 g/mol. The third kappa shape index (κ3) is 4.63. The lowest BCUT2D eigenvalue weighted by Crippen LogP contribution is -1.92. The average molecular weight is 485 g/mol. The first kappa shape index (κ1) is 20.4. The Hall–Kier alpha value is -2.91. The largest absolute Gasteiger partial charge is 0.497 e. The van der Waals surface area contributed by atoms with Crippen molar-refractivity contribution in [2.24, 2.45) is 0 Å². The average Bonchev–Trinajstić information content (AvgIpc) is 3.27. The zero-order valence-corrected chi connectivity index (χ0v) is 18.6. The molecule has 0 atom stereocenters. The Balaban J connectivity index is 1.43. The maximum Gasteiger partial charge on any atom is 0.237 e. The van der Waals surface area contributed by atoms with Crippen LogP contribution < -0.4 is 9.47 Å². The molecule has 0 aliphatic carbocycles. The van der Waals surface area contributed by atoms with E-state index in [2.05, 4.69) is 36.3 Å². The van der Waals surface area contributed by atoms with Gasteiger partial charge in [-0.2, -0.15) is 4.98 Å². The number of hydrogen-bond donors (Lipinski definition) is 0. The van der Waals surface area contributed by atoms with Crippen LogP contribution in [0.5, 0.6) is 11.5 Å². The number of rotatable bonds is 7. The maximum absolute atomic E-state index is 5.41. The molecule has 2 heterocycles. The second-order valence-electron chi connectivity index (χ2n) is 6.13. The van der Waals surface area contributed by atoms with Crippen molar-refractivity contribution in [3.8, 4) is 34.1 Å². The van der Waals surface area contributed by atoms with Gasteiger partial charge in [0, 0.05) is 16.1 Å². The van der Waals surface area contributed by atoms with E-state index >= 15 is 0 Å². The summed E-state index contributed by atoms with van der Waals surface area (Å²) in [6, 6.07) is 17.3. The number of halogens is 1. The van der Waals surface area contributed by atoms with Gasteiger partial charge in [-0.1, -0.05) is 45.0 Å². The van der Waals surface area contributed by atoms with Crippen LogP contribution in [0.15, 0.2) is 68.6 Å². The van der Waals surface area contributed by atoms with Gasteiger partial charge >= 0.3 is 0 Å². The van der Waals surface area contributed by atoms with E-state index in [0.717, 1.165) is 26.3 Å². The molecule has 0 N–H and O–H groups in total. The summed E-state index contributed by atoms with van der Waals surface area (Å²) in [5.41, 5.74) is 2.56. The van der Waals surface area contributed by atoms with Crippen LogP contribution in [0.25, 0.3) is 22.6 Å². The molecule has 0 bridgehead atoms. The molecule has 0 spiro atoms. The molecule has 4 rings (SSSR count). The van der Waals surface area contributed by atoms with Crippen molar-refractivity contribution in [3.63, 3.8) is 0 Å². The van der Waals surface area contributed by atoms with E-state index in [1.165, 1.54) is 11.8 Å². The van der Waals surface area contributed by atoms with Crippen LogP contribution in [0.1, 0.15) is 5.89 Å². The van der Waals surface area contributed by atoms with E-state index in [1.54, 1.807) is 20.3 Å². The molecule has 0 saturated carbocycles. The monoisotopic (exact) mass is 484 g/mol. The van der Waals surface area contributed by atoms with Gasteiger partial charge in [-0.15, -0.1) is 10.2 Å². The van der Waals surface area contributed by atoms with Crippen molar-refractivity contribution >= 4 is 27.7 Å². The lowest BCUT2D eigenvalue weighted by molar-refractivity contribution is 0.388. The number of thioether (sulfide) groups is 1. The van der Waals surface area contributed by atoms with Gasteiger partial charge in [0.2, 0.25) is 11.7 Å². The topological polar surface area (TPSA) is 83.2 Å². The third-order valence-electron chi connectivity index (χ3n) is 4.24. The highest BCUT2D eigenvalue weighted by molar-refractivity contribution is 9.10. The van der Waals surface area contributed by atoms with Crippen LogP contribution in [0.3, 0.4) is 0 Å². The maximum atomic E-state index is 5.41. The minimum absolute atomic E-state index is 0.460. The molecule has 0 fully saturated rings. The first-order chi connectivity index (χ1) is 14.7. The molecule has 0 unspecified atom stereocenters. The van der Waals surface area contributed by atoms with Gasteiger partial charge in [0.1, 0.15) is 16.5 Å². The predicted octanol–water partition coefficient (Wildman–Crippen LogP) is 5.27. The minimum atomic E-state index is 0.460. The molecule has 152 valence electrons. The number of methoxy groups -OCH3 is 2. The Bertz CT molecular complexity index is 1130. The van der Waals surface area contributed by atoms with Gasteiger partial charge in [-0.25, -0.2) is 0 Å². The Morgan fingerprint density at radius 1 is 0.967 bits per heavy atom. The zero-order chi connectivity index (χ0) is 20.9. The lowest BCUT2D eigenvalue weighted by Gasteiger charge is -2.07. The summed E-state index contributed by atoms with van der Waals surface area (Å²) in [7, 11) is 3.19. The van der Waals surface area contributed by atoms with Gasteiger partial charge in [0.05, 0.1) is 31.2 Å². The second-order valence-corrected chi connectivity index (χ2v) is 8.04. The molecule has 0 aliphatic heterocycles. The molecule has 0 radical (unpaired) electrons. The van der Waals surface area contributed by atoms with Crippen molar-refractivity contribution in [2.45, 2.75) is 10.8 Å². The van der Waals surface area contributed by atoms with Crippen LogP contribution in [0.2, 0.25) is 0 Å². The van der Waals surface area contributed by atoms with E-state index in [1.807, 2.05) is 48.5 Å². The SMILES string of the molecule is COc1ccc(-c2noc(CSc3ccc(-c4ccc(Br)cc4)nn3)n2)c(OC)c1. The minimum Gasteiger partial charge on any atom is -0.497 e. The summed E-state index contributed by atoms with van der Waals surface area (Å²) in [6.45, 7) is 0. The van der Waals surface area contributed by atoms with Gasteiger partial charge < -0.3 is 14.0 Å². The van der Waals surface area contributed by atoms with Crippen LogP contribution >= 0.6 is 27.7 Å². The summed E-state index contributed by atoms with van der Waals surface area (Å²) in [4.78, 5) is 4.46. The molecule has 30 heavy (non-hydrogen) atoms. The number of benzene rings is 2. The second kappa shape index (κ2) is 9.27. The number of ether oxygens (including phenoxy) is 2. The number of aromatic nitrogens is 4. The van der Waals surface area contributed by atoms with Crippen LogP contribution in [0.4, 0.5) is 0 Å². The molecule has 0 saturated heterocycles. The van der Waals surface area contributed by atoms with Gasteiger partial charge in [-0.05, 0) is 36.4 Å². The molecule has 2 aromatic carbocycles. The fourth-order valence-corrected chi connectivity index (χ4v) is 3.63. The summed E-state index contributed by atoms with van der Waals surface area (Å²) < 4.78 is 17.0. The highest BCUT2D eigenvalue weighted by atomic mass is 79.9. The highest BCUT2D eigenvalue weighted by Crippen LogP contribution is 2.32. The van der Waals surface area contributed by atoms with Crippen molar-refractivity contribution in [3.05, 3.63) is 65.0 Å². The molecule has 0 aliphatic rings. The van der Waals surface area contributed by atoms with Crippen molar-refractivity contribution in [1.29, 1.82) is 0 Å². The standard InChI is InChI=1S/C21H17BrN4O3S/c1-27-15-7-8-16(18(11-15)28-2)21-23-19(29-26-21)12-30-20-10-9-17(24-25-20)13-3-5-14(22)6-4-13/h3-11H,12H2,1-2H3. The van der Waals surface area contributed by atoms with Gasteiger partial charge in [0.25, 0.3) is 0 Å². The number of hydrogen-bond acceptors (Lipinski definition) is 8. The molecule has 7 nitrogen and oxygen atoms in total. The molecule has 4 aromatic rings. The summed E-state index contributed by atoms with van der Waals surface area (Å²) >= 11 is 4.91. The van der Waals surface area contributed by atoms with E-state index in [4.69, 9.17) is 14.0 Å². The predicted molar refractivity (Wildman–Crippen MR) is 118 cm³/mol. The quantitative estimate of drug-likeness (QED) is 0.328. The smallest absolute Gasteiger partial charge is 0.237 e. The summed E-state index contributed by atoms with van der Waals surface area (Å²) in [6.07, 6.45) is 0. The lowest BCUT2D eigenvalue weighted by atomic mass is 10.1. The molecule has 0 amide bonds. The third-order valence-corrected chi connectivity index (χ3v) is 5.67. The fourth-order valence-electron chi connectivity index (χ4n) is 2.71. The summed E-state index contributed by atoms with van der Waals surface area (Å²) in [5.74, 6) is 2.75. The Labute approximate surface area is 186 Å². The van der Waals surface area contributed by atoms with Crippen molar-refractivity contribution < 1.29 is 14.0 Å². The van der Waals surface area contributed by atoms with E-state index in [-0.39, 0.29) is 0 Å². The number of nitrogens with zero attached hydrogens (tertiary/aromatic N) is 4. The Kier molecular flexibility index (Phi) is 6.29. The Morgan fingerprint density at radius 2 is 1.80 bits per heavy atom. The van der Waals surface area contributed by atoms with E-state index < -0.39 is 0 Å². The van der Waals surface area contributed by atoms with Crippen LogP contribution in [-0.2, 0) is 5.75 Å². The highest BCUT2D eigenvalue weighted by Gasteiger charge is 2.15. The van der Waals surface area contributed by atoms with Crippen molar-refractivity contribution in [2.75, 3.05) is 14.2 Å². The van der Waals surface area contributed by atoms with Crippen LogP contribution in [-0.4, -0.2) is 34.6 Å².